The van der Waals surface area contributed by atoms with Gasteiger partial charge in [-0.25, -0.2) is 0 Å². The average molecular weight is 164 g/mol. The van der Waals surface area contributed by atoms with Crippen molar-refractivity contribution in [3.8, 4) is 5.75 Å². The highest BCUT2D eigenvalue weighted by Gasteiger charge is 2.14. The first kappa shape index (κ1) is 7.62. The minimum Gasteiger partial charge on any atom is -0.337 e. The molecule has 0 aliphatic carbocycles. The van der Waals surface area contributed by atoms with E-state index in [4.69, 9.17) is 9.78 Å². The Morgan fingerprint density at radius 3 is 2.92 bits per heavy atom. The van der Waals surface area contributed by atoms with Gasteiger partial charge in [-0.2, -0.15) is 4.89 Å². The van der Waals surface area contributed by atoms with Crippen molar-refractivity contribution in [3.05, 3.63) is 29.3 Å². The van der Waals surface area contributed by atoms with Gasteiger partial charge < -0.3 is 4.89 Å². The van der Waals surface area contributed by atoms with E-state index in [-0.39, 0.29) is 0 Å². The maximum Gasteiger partial charge on any atom is 0.171 e. The van der Waals surface area contributed by atoms with Crippen molar-refractivity contribution in [2.75, 3.05) is 0 Å². The van der Waals surface area contributed by atoms with E-state index in [1.54, 1.807) is 0 Å². The van der Waals surface area contributed by atoms with Crippen LogP contribution in [0.5, 0.6) is 5.75 Å². The molecule has 2 nitrogen and oxygen atoms in total. The maximum atomic E-state index is 4.93. The summed E-state index contributed by atoms with van der Waals surface area (Å²) in [6.07, 6.45) is 0. The Labute approximate surface area is 72.0 Å². The molecule has 64 valence electrons. The van der Waals surface area contributed by atoms with Gasteiger partial charge in [0.2, 0.25) is 0 Å². The van der Waals surface area contributed by atoms with Gasteiger partial charge in [-0.3, -0.25) is 0 Å². The summed E-state index contributed by atoms with van der Waals surface area (Å²) in [5.74, 6) is 1.43. The topological polar surface area (TPSA) is 18.5 Å². The van der Waals surface area contributed by atoms with Crippen molar-refractivity contribution in [2.24, 2.45) is 0 Å². The zero-order chi connectivity index (χ0) is 8.55. The molecule has 2 rings (SSSR count). The monoisotopic (exact) mass is 164 g/mol. The van der Waals surface area contributed by atoms with E-state index >= 15 is 0 Å². The number of fused-ring (bicyclic) bond motifs is 1. The third-order valence-electron chi connectivity index (χ3n) is 2.11. The van der Waals surface area contributed by atoms with Crippen molar-refractivity contribution < 1.29 is 9.78 Å². The van der Waals surface area contributed by atoms with Crippen LogP contribution in [0.25, 0.3) is 0 Å². The van der Waals surface area contributed by atoms with Crippen molar-refractivity contribution in [2.45, 2.75) is 26.4 Å². The molecule has 0 amide bonds. The minimum absolute atomic E-state index is 0.566. The third-order valence-corrected chi connectivity index (χ3v) is 2.11. The molecular weight excluding hydrogens is 152 g/mol. The third kappa shape index (κ3) is 1.18. The smallest absolute Gasteiger partial charge is 0.171 e. The molecule has 1 aromatic carbocycles. The van der Waals surface area contributed by atoms with E-state index in [9.17, 15) is 0 Å². The molecule has 0 bridgehead atoms. The van der Waals surface area contributed by atoms with Crippen LogP contribution < -0.4 is 4.89 Å². The second-order valence-corrected chi connectivity index (χ2v) is 3.37. The molecule has 0 atom stereocenters. The Hall–Kier alpha value is -1.02. The lowest BCUT2D eigenvalue weighted by molar-refractivity contribution is -0.194. The number of hydrogen-bond donors (Lipinski definition) is 0. The van der Waals surface area contributed by atoms with E-state index in [1.165, 1.54) is 5.56 Å². The van der Waals surface area contributed by atoms with Crippen molar-refractivity contribution in [1.82, 2.24) is 0 Å². The molecule has 0 saturated heterocycles. The van der Waals surface area contributed by atoms with E-state index in [0.29, 0.717) is 12.5 Å². The van der Waals surface area contributed by atoms with Crippen LogP contribution in [0, 0.1) is 0 Å². The van der Waals surface area contributed by atoms with Crippen LogP contribution in [0.1, 0.15) is 30.9 Å². The fourth-order valence-corrected chi connectivity index (χ4v) is 1.31. The summed E-state index contributed by atoms with van der Waals surface area (Å²) in [5, 5.41) is 0. The van der Waals surface area contributed by atoms with Crippen molar-refractivity contribution in [1.29, 1.82) is 0 Å². The first-order valence-corrected chi connectivity index (χ1v) is 4.19. The first-order valence-electron chi connectivity index (χ1n) is 4.19. The van der Waals surface area contributed by atoms with E-state index in [2.05, 4.69) is 26.0 Å². The van der Waals surface area contributed by atoms with Crippen LogP contribution in [0.2, 0.25) is 0 Å². The van der Waals surface area contributed by atoms with E-state index in [1.807, 2.05) is 6.07 Å². The Morgan fingerprint density at radius 1 is 1.33 bits per heavy atom. The standard InChI is InChI=1S/C10H12O2/c1-7(2)8-3-4-10-9(5-8)6-11-12-10/h3-5,7H,6H2,1-2H3. The molecular formula is C10H12O2. The summed E-state index contributed by atoms with van der Waals surface area (Å²) in [6, 6.07) is 6.20. The Kier molecular flexibility index (Phi) is 1.77. The molecule has 0 aromatic heterocycles. The van der Waals surface area contributed by atoms with E-state index in [0.717, 1.165) is 11.3 Å². The highest BCUT2D eigenvalue weighted by Crippen LogP contribution is 2.28. The SMILES string of the molecule is CC(C)c1ccc2c(c1)COO2. The molecule has 1 aliphatic heterocycles. The lowest BCUT2D eigenvalue weighted by atomic mass is 10.0. The summed E-state index contributed by atoms with van der Waals surface area (Å²) in [5.41, 5.74) is 2.49. The summed E-state index contributed by atoms with van der Waals surface area (Å²) < 4.78 is 0. The quantitative estimate of drug-likeness (QED) is 0.594. The number of benzene rings is 1. The summed E-state index contributed by atoms with van der Waals surface area (Å²) in [6.45, 7) is 4.94. The minimum atomic E-state index is 0.566. The first-order chi connectivity index (χ1) is 5.77. The fourth-order valence-electron chi connectivity index (χ4n) is 1.31. The molecule has 1 heterocycles. The van der Waals surface area contributed by atoms with Crippen LogP contribution >= 0.6 is 0 Å². The van der Waals surface area contributed by atoms with Gasteiger partial charge in [-0.15, -0.1) is 0 Å². The highest BCUT2D eigenvalue weighted by atomic mass is 17.2. The number of rotatable bonds is 1. The van der Waals surface area contributed by atoms with Gasteiger partial charge in [0.25, 0.3) is 0 Å². The van der Waals surface area contributed by atoms with Gasteiger partial charge in [0.1, 0.15) is 6.61 Å². The Balaban J connectivity index is 2.39. The molecule has 1 aromatic rings. The predicted molar refractivity (Wildman–Crippen MR) is 45.9 cm³/mol. The van der Waals surface area contributed by atoms with Gasteiger partial charge in [0.15, 0.2) is 5.75 Å². The zero-order valence-electron chi connectivity index (χ0n) is 7.33. The van der Waals surface area contributed by atoms with Gasteiger partial charge in [-0.05, 0) is 23.6 Å². The summed E-state index contributed by atoms with van der Waals surface area (Å²) in [4.78, 5) is 9.78. The summed E-state index contributed by atoms with van der Waals surface area (Å²) in [7, 11) is 0. The number of hydrogen-bond acceptors (Lipinski definition) is 2. The highest BCUT2D eigenvalue weighted by molar-refractivity contribution is 5.38. The normalized spacial score (nSPS) is 14.6. The largest absolute Gasteiger partial charge is 0.337 e. The van der Waals surface area contributed by atoms with Gasteiger partial charge in [0.05, 0.1) is 0 Å². The van der Waals surface area contributed by atoms with Gasteiger partial charge >= 0.3 is 0 Å². The van der Waals surface area contributed by atoms with E-state index < -0.39 is 0 Å². The molecule has 0 spiro atoms. The van der Waals surface area contributed by atoms with Crippen LogP contribution in [0.4, 0.5) is 0 Å². The Morgan fingerprint density at radius 2 is 2.17 bits per heavy atom. The predicted octanol–water partition coefficient (Wildman–Crippen LogP) is 2.63. The van der Waals surface area contributed by atoms with Crippen LogP contribution in [-0.2, 0) is 11.5 Å². The molecule has 0 unspecified atom stereocenters. The molecule has 1 aliphatic rings. The lowest BCUT2D eigenvalue weighted by Gasteiger charge is -2.04. The second kappa shape index (κ2) is 2.79. The average Bonchev–Trinajstić information content (AvgIpc) is 2.49. The van der Waals surface area contributed by atoms with Crippen LogP contribution in [0.15, 0.2) is 18.2 Å². The summed E-state index contributed by atoms with van der Waals surface area (Å²) >= 11 is 0. The Bertz CT molecular complexity index is 292. The second-order valence-electron chi connectivity index (χ2n) is 3.37. The molecule has 12 heavy (non-hydrogen) atoms. The van der Waals surface area contributed by atoms with Crippen molar-refractivity contribution >= 4 is 0 Å². The van der Waals surface area contributed by atoms with Crippen LogP contribution in [0.3, 0.4) is 0 Å². The molecule has 0 fully saturated rings. The zero-order valence-corrected chi connectivity index (χ0v) is 7.33. The molecule has 2 heteroatoms. The maximum absolute atomic E-state index is 4.93. The van der Waals surface area contributed by atoms with Gasteiger partial charge in [-0.1, -0.05) is 19.9 Å². The lowest BCUT2D eigenvalue weighted by Crippen LogP contribution is -1.87. The van der Waals surface area contributed by atoms with Crippen molar-refractivity contribution in [3.63, 3.8) is 0 Å². The molecule has 0 saturated carbocycles. The van der Waals surface area contributed by atoms with Gasteiger partial charge in [0, 0.05) is 5.56 Å². The van der Waals surface area contributed by atoms with Crippen LogP contribution in [-0.4, -0.2) is 0 Å². The molecule has 0 N–H and O–H groups in total. The molecule has 0 radical (unpaired) electrons. The fraction of sp³-hybridized carbons (Fsp3) is 0.400.